The summed E-state index contributed by atoms with van der Waals surface area (Å²) < 4.78 is 5.77. The molecule has 2 aliphatic rings. The summed E-state index contributed by atoms with van der Waals surface area (Å²) in [5.74, 6) is 1.81. The van der Waals surface area contributed by atoms with Crippen LogP contribution in [0.3, 0.4) is 0 Å². The Bertz CT molecular complexity index is 270. The van der Waals surface area contributed by atoms with Gasteiger partial charge in [0.1, 0.15) is 0 Å². The van der Waals surface area contributed by atoms with Crippen LogP contribution < -0.4 is 5.32 Å². The Labute approximate surface area is 126 Å². The van der Waals surface area contributed by atoms with Crippen molar-refractivity contribution in [2.75, 3.05) is 13.7 Å². The second-order valence-electron chi connectivity index (χ2n) is 8.09. The summed E-state index contributed by atoms with van der Waals surface area (Å²) in [5.41, 5.74) is 0.498. The van der Waals surface area contributed by atoms with E-state index >= 15 is 0 Å². The van der Waals surface area contributed by atoms with E-state index in [2.05, 4.69) is 33.1 Å². The van der Waals surface area contributed by atoms with Gasteiger partial charge in [-0.25, -0.2) is 0 Å². The highest BCUT2D eigenvalue weighted by atomic mass is 16.5. The topological polar surface area (TPSA) is 21.3 Å². The zero-order valence-corrected chi connectivity index (χ0v) is 14.1. The van der Waals surface area contributed by atoms with Crippen molar-refractivity contribution in [1.29, 1.82) is 0 Å². The van der Waals surface area contributed by atoms with E-state index in [1.54, 1.807) is 0 Å². The molecule has 2 atom stereocenters. The predicted molar refractivity (Wildman–Crippen MR) is 86.0 cm³/mol. The molecule has 2 heteroatoms. The molecule has 0 radical (unpaired) electrons. The third-order valence-electron chi connectivity index (χ3n) is 5.76. The van der Waals surface area contributed by atoms with E-state index in [-0.39, 0.29) is 0 Å². The lowest BCUT2D eigenvalue weighted by Gasteiger charge is -2.39. The summed E-state index contributed by atoms with van der Waals surface area (Å²) >= 11 is 0. The van der Waals surface area contributed by atoms with Crippen molar-refractivity contribution in [3.63, 3.8) is 0 Å². The maximum absolute atomic E-state index is 5.77. The van der Waals surface area contributed by atoms with Crippen LogP contribution >= 0.6 is 0 Å². The summed E-state index contributed by atoms with van der Waals surface area (Å²) in [7, 11) is 2.15. The largest absolute Gasteiger partial charge is 0.378 e. The van der Waals surface area contributed by atoms with Crippen LogP contribution in [0.1, 0.15) is 72.1 Å². The van der Waals surface area contributed by atoms with Crippen LogP contribution in [0.4, 0.5) is 0 Å². The zero-order chi connectivity index (χ0) is 14.6. The summed E-state index contributed by atoms with van der Waals surface area (Å²) in [6.45, 7) is 8.21. The third kappa shape index (κ3) is 4.46. The summed E-state index contributed by atoms with van der Waals surface area (Å²) in [6.07, 6.45) is 11.3. The first kappa shape index (κ1) is 16.3. The Morgan fingerprint density at radius 1 is 1.10 bits per heavy atom. The van der Waals surface area contributed by atoms with Gasteiger partial charge in [0.05, 0.1) is 6.10 Å². The van der Waals surface area contributed by atoms with Crippen molar-refractivity contribution in [2.24, 2.45) is 17.3 Å². The molecule has 1 saturated heterocycles. The van der Waals surface area contributed by atoms with Gasteiger partial charge in [-0.3, -0.25) is 0 Å². The summed E-state index contributed by atoms with van der Waals surface area (Å²) in [4.78, 5) is 0. The molecule has 118 valence electrons. The van der Waals surface area contributed by atoms with Gasteiger partial charge in [-0.2, -0.15) is 0 Å². The number of rotatable bonds is 5. The van der Waals surface area contributed by atoms with E-state index in [0.29, 0.717) is 17.6 Å². The summed E-state index contributed by atoms with van der Waals surface area (Å²) in [6, 6.07) is 0.708. The van der Waals surface area contributed by atoms with Gasteiger partial charge in [0.2, 0.25) is 0 Å². The van der Waals surface area contributed by atoms with E-state index in [9.17, 15) is 0 Å². The number of hydrogen-bond donors (Lipinski definition) is 1. The molecule has 1 saturated carbocycles. The van der Waals surface area contributed by atoms with Crippen LogP contribution in [0, 0.1) is 17.3 Å². The molecule has 2 rings (SSSR count). The first-order valence-corrected chi connectivity index (χ1v) is 8.79. The molecule has 20 heavy (non-hydrogen) atoms. The maximum atomic E-state index is 5.77. The third-order valence-corrected chi connectivity index (χ3v) is 5.76. The van der Waals surface area contributed by atoms with Gasteiger partial charge in [-0.05, 0) is 75.7 Å². The zero-order valence-electron chi connectivity index (χ0n) is 14.1. The fourth-order valence-corrected chi connectivity index (χ4v) is 4.24. The van der Waals surface area contributed by atoms with Gasteiger partial charge in [0, 0.05) is 12.6 Å². The van der Waals surface area contributed by atoms with Crippen molar-refractivity contribution < 1.29 is 4.74 Å². The Kier molecular flexibility index (Phi) is 5.92. The van der Waals surface area contributed by atoms with E-state index in [0.717, 1.165) is 18.4 Å². The van der Waals surface area contributed by atoms with Crippen molar-refractivity contribution in [1.82, 2.24) is 5.32 Å². The van der Waals surface area contributed by atoms with Gasteiger partial charge in [-0.1, -0.05) is 20.8 Å². The standard InChI is InChI=1S/C18H35NO/c1-18(2,3)15-9-7-14(8-10-15)17(19-4)12-11-16-6-5-13-20-16/h14-17,19H,5-13H2,1-4H3. The average Bonchev–Trinajstić information content (AvgIpc) is 2.92. The Hall–Kier alpha value is -0.0800. The van der Waals surface area contributed by atoms with Crippen molar-refractivity contribution in [2.45, 2.75) is 84.3 Å². The normalized spacial score (nSPS) is 33.3. The van der Waals surface area contributed by atoms with Gasteiger partial charge in [-0.15, -0.1) is 0 Å². The lowest BCUT2D eigenvalue weighted by Crippen LogP contribution is -2.38. The maximum Gasteiger partial charge on any atom is 0.0576 e. The second kappa shape index (κ2) is 7.26. The van der Waals surface area contributed by atoms with E-state index in [1.807, 2.05) is 0 Å². The minimum atomic E-state index is 0.498. The highest BCUT2D eigenvalue weighted by Gasteiger charge is 2.32. The Morgan fingerprint density at radius 3 is 2.30 bits per heavy atom. The van der Waals surface area contributed by atoms with Crippen LogP contribution in [0.15, 0.2) is 0 Å². The molecule has 2 nitrogen and oxygen atoms in total. The Morgan fingerprint density at radius 2 is 1.80 bits per heavy atom. The quantitative estimate of drug-likeness (QED) is 0.807. The highest BCUT2D eigenvalue weighted by molar-refractivity contribution is 4.86. The fraction of sp³-hybridized carbons (Fsp3) is 1.00. The minimum Gasteiger partial charge on any atom is -0.378 e. The number of ether oxygens (including phenoxy) is 1. The van der Waals surface area contributed by atoms with Gasteiger partial charge in [0.25, 0.3) is 0 Å². The lowest BCUT2D eigenvalue weighted by atomic mass is 9.68. The van der Waals surface area contributed by atoms with E-state index in [1.165, 1.54) is 51.4 Å². The van der Waals surface area contributed by atoms with Crippen LogP contribution in [0.2, 0.25) is 0 Å². The molecule has 0 bridgehead atoms. The number of nitrogens with one attached hydrogen (secondary N) is 1. The van der Waals surface area contributed by atoms with Crippen molar-refractivity contribution >= 4 is 0 Å². The molecule has 0 aromatic heterocycles. The predicted octanol–water partition coefficient (Wildman–Crippen LogP) is 4.39. The van der Waals surface area contributed by atoms with Gasteiger partial charge in [0.15, 0.2) is 0 Å². The summed E-state index contributed by atoms with van der Waals surface area (Å²) in [5, 5.41) is 3.59. The monoisotopic (exact) mass is 281 g/mol. The smallest absolute Gasteiger partial charge is 0.0576 e. The first-order chi connectivity index (χ1) is 9.50. The molecule has 2 fully saturated rings. The average molecular weight is 281 g/mol. The van der Waals surface area contributed by atoms with E-state index < -0.39 is 0 Å². The van der Waals surface area contributed by atoms with E-state index in [4.69, 9.17) is 4.74 Å². The van der Waals surface area contributed by atoms with Crippen LogP contribution in [0.25, 0.3) is 0 Å². The van der Waals surface area contributed by atoms with Crippen LogP contribution in [-0.2, 0) is 4.74 Å². The number of hydrogen-bond acceptors (Lipinski definition) is 2. The molecule has 2 unspecified atom stereocenters. The molecule has 1 aliphatic carbocycles. The molecular weight excluding hydrogens is 246 g/mol. The highest BCUT2D eigenvalue weighted by Crippen LogP contribution is 2.41. The molecule has 1 aliphatic heterocycles. The first-order valence-electron chi connectivity index (χ1n) is 8.79. The molecule has 0 amide bonds. The lowest BCUT2D eigenvalue weighted by molar-refractivity contribution is 0.0908. The molecule has 0 aromatic rings. The van der Waals surface area contributed by atoms with Crippen molar-refractivity contribution in [3.05, 3.63) is 0 Å². The fourth-order valence-electron chi connectivity index (χ4n) is 4.24. The van der Waals surface area contributed by atoms with Gasteiger partial charge >= 0.3 is 0 Å². The SMILES string of the molecule is CNC(CCC1CCCO1)C1CCC(C(C)(C)C)CC1. The Balaban J connectivity index is 1.74. The van der Waals surface area contributed by atoms with Gasteiger partial charge < -0.3 is 10.1 Å². The molecule has 1 N–H and O–H groups in total. The minimum absolute atomic E-state index is 0.498. The second-order valence-corrected chi connectivity index (χ2v) is 8.09. The molecule has 1 heterocycles. The van der Waals surface area contributed by atoms with Crippen LogP contribution in [0.5, 0.6) is 0 Å². The van der Waals surface area contributed by atoms with Crippen molar-refractivity contribution in [3.8, 4) is 0 Å². The molecular formula is C18H35NO. The molecule has 0 aromatic carbocycles. The van der Waals surface area contributed by atoms with Crippen LogP contribution in [-0.4, -0.2) is 25.8 Å². The molecule has 0 spiro atoms.